The molecule has 2 aromatic heterocycles. The van der Waals surface area contributed by atoms with Crippen LogP contribution in [0.15, 0.2) is 66.7 Å². The summed E-state index contributed by atoms with van der Waals surface area (Å²) in [6, 6.07) is 22.8. The molecule has 1 aliphatic rings. The molecule has 0 radical (unpaired) electrons. The number of fused-ring (bicyclic) bond motifs is 2. The van der Waals surface area contributed by atoms with Gasteiger partial charge in [0.1, 0.15) is 5.82 Å². The zero-order valence-corrected chi connectivity index (χ0v) is 22.5. The maximum absolute atomic E-state index is 12.3. The molecule has 0 spiro atoms. The second kappa shape index (κ2) is 11.0. The highest BCUT2D eigenvalue weighted by molar-refractivity contribution is 7.22. The van der Waals surface area contributed by atoms with Crippen LogP contribution in [-0.2, 0) is 11.3 Å². The maximum atomic E-state index is 12.3. The number of hydrogen-bond donors (Lipinski definition) is 1. The van der Waals surface area contributed by atoms with Crippen molar-refractivity contribution < 1.29 is 9.53 Å². The number of nitrogens with one attached hydrogen (secondary N) is 1. The fraction of sp³-hybridized carbons (Fsp3) is 0.323. The minimum Gasteiger partial charge on any atom is -0.465 e. The van der Waals surface area contributed by atoms with Crippen LogP contribution in [-0.4, -0.2) is 27.6 Å². The van der Waals surface area contributed by atoms with E-state index in [0.717, 1.165) is 57.2 Å². The van der Waals surface area contributed by atoms with Crippen molar-refractivity contribution in [2.24, 2.45) is 0 Å². The zero-order chi connectivity index (χ0) is 25.9. The topological polar surface area (TPSA) is 69.0 Å². The quantitative estimate of drug-likeness (QED) is 0.228. The predicted molar refractivity (Wildman–Crippen MR) is 155 cm³/mol. The standard InChI is InChI=1S/C31H32N4O2S/c1-37-30(36)22-17-18-27-26(19-22)33-29(35(27)23-13-8-3-2-4-9-14-23)24-15-10-16-25-28(24)38-31(34-25)32-20-21-11-6-5-7-12-21/h5-7,10-12,15-19,23H,2-4,8-9,13-14,20H2,1H3,(H,32,34). The Bertz CT molecular complexity index is 1570. The average Bonchev–Trinajstić information content (AvgIpc) is 3.53. The van der Waals surface area contributed by atoms with E-state index in [-0.39, 0.29) is 5.97 Å². The molecule has 0 bridgehead atoms. The molecular weight excluding hydrogens is 492 g/mol. The molecule has 0 amide bonds. The van der Waals surface area contributed by atoms with Gasteiger partial charge in [-0.2, -0.15) is 0 Å². The third kappa shape index (κ3) is 4.90. The van der Waals surface area contributed by atoms with E-state index in [1.165, 1.54) is 44.8 Å². The molecule has 0 saturated heterocycles. The molecule has 0 unspecified atom stereocenters. The summed E-state index contributed by atoms with van der Waals surface area (Å²) in [6.07, 6.45) is 8.62. The molecule has 38 heavy (non-hydrogen) atoms. The zero-order valence-electron chi connectivity index (χ0n) is 21.7. The van der Waals surface area contributed by atoms with Gasteiger partial charge in [0.05, 0.1) is 33.9 Å². The summed E-state index contributed by atoms with van der Waals surface area (Å²) in [4.78, 5) is 22.3. The summed E-state index contributed by atoms with van der Waals surface area (Å²) in [5.41, 5.74) is 5.70. The first-order chi connectivity index (χ1) is 18.7. The lowest BCUT2D eigenvalue weighted by Gasteiger charge is -2.24. The third-order valence-corrected chi connectivity index (χ3v) is 8.56. The molecular formula is C31H32N4O2S. The number of imidazole rings is 1. The normalized spacial score (nSPS) is 14.9. The minimum absolute atomic E-state index is 0.340. The Hall–Kier alpha value is -3.71. The van der Waals surface area contributed by atoms with Crippen LogP contribution in [0.4, 0.5) is 5.13 Å². The van der Waals surface area contributed by atoms with E-state index in [2.05, 4.69) is 52.3 Å². The van der Waals surface area contributed by atoms with E-state index in [0.29, 0.717) is 11.6 Å². The Labute approximate surface area is 226 Å². The molecule has 6 nitrogen and oxygen atoms in total. The number of hydrogen-bond acceptors (Lipinski definition) is 6. The van der Waals surface area contributed by atoms with E-state index in [1.54, 1.807) is 11.3 Å². The predicted octanol–water partition coefficient (Wildman–Crippen LogP) is 8.00. The van der Waals surface area contributed by atoms with Crippen LogP contribution in [0.3, 0.4) is 0 Å². The average molecular weight is 525 g/mol. The molecule has 7 heteroatoms. The smallest absolute Gasteiger partial charge is 0.337 e. The first-order valence-electron chi connectivity index (χ1n) is 13.5. The van der Waals surface area contributed by atoms with Gasteiger partial charge in [-0.15, -0.1) is 0 Å². The minimum atomic E-state index is -0.340. The summed E-state index contributed by atoms with van der Waals surface area (Å²) >= 11 is 1.67. The Morgan fingerprint density at radius 3 is 2.53 bits per heavy atom. The van der Waals surface area contributed by atoms with Gasteiger partial charge >= 0.3 is 5.97 Å². The largest absolute Gasteiger partial charge is 0.465 e. The number of carbonyl (C=O) groups excluding carboxylic acids is 1. The molecule has 6 rings (SSSR count). The van der Waals surface area contributed by atoms with Crippen LogP contribution >= 0.6 is 11.3 Å². The summed E-state index contributed by atoms with van der Waals surface area (Å²) in [6.45, 7) is 0.729. The van der Waals surface area contributed by atoms with Gasteiger partial charge < -0.3 is 14.6 Å². The van der Waals surface area contributed by atoms with Gasteiger partial charge in [-0.05, 0) is 48.7 Å². The molecule has 1 N–H and O–H groups in total. The Morgan fingerprint density at radius 1 is 0.947 bits per heavy atom. The summed E-state index contributed by atoms with van der Waals surface area (Å²) < 4.78 is 8.54. The summed E-state index contributed by atoms with van der Waals surface area (Å²) in [5, 5.41) is 4.40. The molecule has 194 valence electrons. The van der Waals surface area contributed by atoms with Gasteiger partial charge in [0, 0.05) is 18.2 Å². The van der Waals surface area contributed by atoms with Crippen molar-refractivity contribution in [3.63, 3.8) is 0 Å². The molecule has 0 aliphatic heterocycles. The van der Waals surface area contributed by atoms with E-state index < -0.39 is 0 Å². The molecule has 3 aromatic carbocycles. The highest BCUT2D eigenvalue weighted by Gasteiger charge is 2.24. The molecule has 1 aliphatic carbocycles. The van der Waals surface area contributed by atoms with E-state index >= 15 is 0 Å². The third-order valence-electron chi connectivity index (χ3n) is 7.49. The maximum Gasteiger partial charge on any atom is 0.337 e. The van der Waals surface area contributed by atoms with Crippen molar-refractivity contribution in [3.05, 3.63) is 77.9 Å². The number of rotatable bonds is 6. The lowest BCUT2D eigenvalue weighted by atomic mass is 9.96. The van der Waals surface area contributed by atoms with E-state index in [9.17, 15) is 4.79 Å². The number of nitrogens with zero attached hydrogens (tertiary/aromatic N) is 3. The second-order valence-corrected chi connectivity index (χ2v) is 11.0. The lowest BCUT2D eigenvalue weighted by Crippen LogP contribution is -2.12. The van der Waals surface area contributed by atoms with Crippen LogP contribution in [0.5, 0.6) is 0 Å². The van der Waals surface area contributed by atoms with Crippen LogP contribution in [0.2, 0.25) is 0 Å². The molecule has 5 aromatic rings. The monoisotopic (exact) mass is 524 g/mol. The first-order valence-corrected chi connectivity index (χ1v) is 14.3. The first kappa shape index (κ1) is 24.6. The number of benzene rings is 3. The number of esters is 1. The number of carbonyl (C=O) groups is 1. The number of methoxy groups -OCH3 is 1. The van der Waals surface area contributed by atoms with Gasteiger partial charge in [-0.1, -0.05) is 79.8 Å². The lowest BCUT2D eigenvalue weighted by molar-refractivity contribution is 0.0601. The SMILES string of the molecule is COC(=O)c1ccc2c(c1)nc(-c1cccc3nc(NCc4ccccc4)sc13)n2C1CCCCCCC1. The number of aromatic nitrogens is 3. The Balaban J connectivity index is 1.45. The molecule has 1 saturated carbocycles. The van der Waals surface area contributed by atoms with Crippen LogP contribution in [0.25, 0.3) is 32.6 Å². The van der Waals surface area contributed by atoms with E-state index in [1.807, 2.05) is 24.3 Å². The number of ether oxygens (including phenoxy) is 1. The van der Waals surface area contributed by atoms with Crippen molar-refractivity contribution >= 4 is 43.7 Å². The van der Waals surface area contributed by atoms with Crippen molar-refractivity contribution in [1.82, 2.24) is 14.5 Å². The van der Waals surface area contributed by atoms with Gasteiger partial charge in [0.2, 0.25) is 0 Å². The van der Waals surface area contributed by atoms with Crippen molar-refractivity contribution in [2.75, 3.05) is 12.4 Å². The van der Waals surface area contributed by atoms with Crippen LogP contribution < -0.4 is 5.32 Å². The fourth-order valence-corrected chi connectivity index (χ4v) is 6.54. The van der Waals surface area contributed by atoms with Crippen LogP contribution in [0, 0.1) is 0 Å². The highest BCUT2D eigenvalue weighted by Crippen LogP contribution is 2.40. The van der Waals surface area contributed by atoms with Crippen LogP contribution in [0.1, 0.15) is 66.9 Å². The van der Waals surface area contributed by atoms with E-state index in [4.69, 9.17) is 14.7 Å². The molecule has 0 atom stereocenters. The van der Waals surface area contributed by atoms with Gasteiger partial charge in [-0.3, -0.25) is 0 Å². The highest BCUT2D eigenvalue weighted by atomic mass is 32.1. The van der Waals surface area contributed by atoms with Crippen molar-refractivity contribution in [2.45, 2.75) is 57.5 Å². The molecule has 1 fully saturated rings. The van der Waals surface area contributed by atoms with Crippen molar-refractivity contribution in [1.29, 1.82) is 0 Å². The van der Waals surface area contributed by atoms with Gasteiger partial charge in [-0.25, -0.2) is 14.8 Å². The summed E-state index contributed by atoms with van der Waals surface area (Å²) in [7, 11) is 1.42. The number of anilines is 1. The van der Waals surface area contributed by atoms with Gasteiger partial charge in [0.25, 0.3) is 0 Å². The fourth-order valence-electron chi connectivity index (χ4n) is 5.57. The van der Waals surface area contributed by atoms with Gasteiger partial charge in [0.15, 0.2) is 5.13 Å². The second-order valence-electron chi connectivity index (χ2n) is 10.0. The van der Waals surface area contributed by atoms with Crippen molar-refractivity contribution in [3.8, 4) is 11.4 Å². The Morgan fingerprint density at radius 2 is 1.74 bits per heavy atom. The Kier molecular flexibility index (Phi) is 7.10. The molecule has 2 heterocycles. The summed E-state index contributed by atoms with van der Waals surface area (Å²) in [5.74, 6) is 0.615. The number of thiazole rings is 1.